The van der Waals surface area contributed by atoms with Gasteiger partial charge in [-0.15, -0.1) is 0 Å². The molecule has 1 aromatic rings. The second kappa shape index (κ2) is 9.24. The summed E-state index contributed by atoms with van der Waals surface area (Å²) in [6.45, 7) is 1.43. The summed E-state index contributed by atoms with van der Waals surface area (Å²) in [5.41, 5.74) is 0.398. The minimum absolute atomic E-state index is 0.292. The molecule has 0 aliphatic carbocycles. The molecule has 0 bridgehead atoms. The maximum absolute atomic E-state index is 12.6. The summed E-state index contributed by atoms with van der Waals surface area (Å²) in [6.07, 6.45) is 2.09. The minimum atomic E-state index is -0.656. The molecule has 1 heterocycles. The number of nitrogens with one attached hydrogen (secondary N) is 1. The number of benzene rings is 1. The molecule has 7 nitrogen and oxygen atoms in total. The van der Waals surface area contributed by atoms with Crippen LogP contribution in [0.1, 0.15) is 29.6 Å². The zero-order valence-electron chi connectivity index (χ0n) is 14.1. The summed E-state index contributed by atoms with van der Waals surface area (Å²) in [6, 6.07) is 6.30. The lowest BCUT2D eigenvalue weighted by molar-refractivity contribution is -0.171. The van der Waals surface area contributed by atoms with Crippen molar-refractivity contribution in [2.45, 2.75) is 25.3 Å². The molecule has 132 valence electrons. The van der Waals surface area contributed by atoms with Crippen molar-refractivity contribution >= 4 is 11.8 Å². The predicted molar refractivity (Wildman–Crippen MR) is 87.6 cm³/mol. The van der Waals surface area contributed by atoms with Gasteiger partial charge in [0.1, 0.15) is 18.4 Å². The molecule has 0 radical (unpaired) electrons. The Bertz CT molecular complexity index is 564. The number of amides is 2. The van der Waals surface area contributed by atoms with Crippen LogP contribution in [0.15, 0.2) is 24.3 Å². The van der Waals surface area contributed by atoms with Crippen LogP contribution in [0, 0.1) is 0 Å². The number of likely N-dealkylation sites (N-methyl/N-ethyl adjacent to an activating group) is 1. The van der Waals surface area contributed by atoms with Crippen LogP contribution in [-0.2, 0) is 14.4 Å². The third-order valence-corrected chi connectivity index (χ3v) is 3.84. The van der Waals surface area contributed by atoms with Crippen LogP contribution in [-0.4, -0.2) is 56.9 Å². The van der Waals surface area contributed by atoms with E-state index in [1.54, 1.807) is 24.3 Å². The molecule has 0 aromatic heterocycles. The molecule has 1 unspecified atom stereocenters. The van der Waals surface area contributed by atoms with Crippen molar-refractivity contribution in [1.29, 1.82) is 0 Å². The van der Waals surface area contributed by atoms with Gasteiger partial charge in [-0.1, -0.05) is 12.1 Å². The second-order valence-corrected chi connectivity index (χ2v) is 5.50. The van der Waals surface area contributed by atoms with E-state index in [0.717, 1.165) is 17.9 Å². The first-order valence-corrected chi connectivity index (χ1v) is 8.05. The Balaban J connectivity index is 2.21. The van der Waals surface area contributed by atoms with Gasteiger partial charge in [0, 0.05) is 13.7 Å². The molecule has 0 spiro atoms. The first kappa shape index (κ1) is 18.2. The fourth-order valence-electron chi connectivity index (χ4n) is 2.45. The van der Waals surface area contributed by atoms with Crippen molar-refractivity contribution in [3.05, 3.63) is 29.8 Å². The van der Waals surface area contributed by atoms with Crippen LogP contribution >= 0.6 is 0 Å². The van der Waals surface area contributed by atoms with E-state index in [4.69, 9.17) is 14.3 Å². The van der Waals surface area contributed by atoms with E-state index in [0.29, 0.717) is 37.6 Å². The molecular weight excluding hydrogens is 312 g/mol. The van der Waals surface area contributed by atoms with E-state index < -0.39 is 6.04 Å². The Kier molecular flexibility index (Phi) is 7.02. The predicted octanol–water partition coefficient (Wildman–Crippen LogP) is 1.38. The van der Waals surface area contributed by atoms with Gasteiger partial charge in [0.15, 0.2) is 0 Å². The fourth-order valence-corrected chi connectivity index (χ4v) is 2.45. The smallest absolute Gasteiger partial charge is 0.268 e. The van der Waals surface area contributed by atoms with Gasteiger partial charge in [0.2, 0.25) is 0 Å². The normalized spacial score (nSPS) is 19.6. The summed E-state index contributed by atoms with van der Waals surface area (Å²) in [7, 11) is 2.94. The first-order valence-electron chi connectivity index (χ1n) is 8.05. The molecule has 1 atom stereocenters. The molecule has 24 heavy (non-hydrogen) atoms. The highest BCUT2D eigenvalue weighted by molar-refractivity contribution is 5.99. The Labute approximate surface area is 141 Å². The second-order valence-electron chi connectivity index (χ2n) is 5.50. The number of para-hydroxylation sites is 1. The number of fused-ring (bicyclic) bond motifs is 1. The number of carbonyl (C=O) groups is 2. The molecule has 1 N–H and O–H groups in total. The van der Waals surface area contributed by atoms with Crippen molar-refractivity contribution in [2.75, 3.05) is 34.0 Å². The number of rotatable bonds is 2. The maximum Gasteiger partial charge on any atom is 0.268 e. The summed E-state index contributed by atoms with van der Waals surface area (Å²) in [5.74, 6) is -0.155. The summed E-state index contributed by atoms with van der Waals surface area (Å²) >= 11 is 0. The van der Waals surface area contributed by atoms with E-state index in [2.05, 4.69) is 5.32 Å². The van der Waals surface area contributed by atoms with Crippen molar-refractivity contribution in [3.63, 3.8) is 0 Å². The molecule has 0 fully saturated rings. The van der Waals surface area contributed by atoms with Gasteiger partial charge in [0.05, 0.1) is 19.3 Å². The lowest BCUT2D eigenvalue weighted by Crippen LogP contribution is -2.47. The average molecular weight is 336 g/mol. The van der Waals surface area contributed by atoms with Crippen molar-refractivity contribution in [1.82, 2.24) is 10.4 Å². The van der Waals surface area contributed by atoms with Gasteiger partial charge in [-0.05, 0) is 31.4 Å². The fraction of sp³-hybridized carbons (Fsp3) is 0.529. The van der Waals surface area contributed by atoms with E-state index in [1.165, 1.54) is 14.2 Å². The molecule has 7 heteroatoms. The highest BCUT2D eigenvalue weighted by Crippen LogP contribution is 2.19. The number of nitrogens with zero attached hydrogens (tertiary/aromatic N) is 1. The number of hydrogen-bond donors (Lipinski definition) is 1. The van der Waals surface area contributed by atoms with E-state index in [9.17, 15) is 9.59 Å². The Morgan fingerprint density at radius 2 is 2.04 bits per heavy atom. The quantitative estimate of drug-likeness (QED) is 0.826. The van der Waals surface area contributed by atoms with Gasteiger partial charge < -0.3 is 14.8 Å². The van der Waals surface area contributed by atoms with Crippen molar-refractivity contribution < 1.29 is 23.9 Å². The number of hydroxylamine groups is 2. The van der Waals surface area contributed by atoms with Crippen LogP contribution in [0.4, 0.5) is 0 Å². The lowest BCUT2D eigenvalue weighted by Gasteiger charge is -2.23. The molecule has 2 amide bonds. The zero-order valence-corrected chi connectivity index (χ0v) is 14.1. The number of ether oxygens (including phenoxy) is 2. The van der Waals surface area contributed by atoms with Crippen molar-refractivity contribution in [2.24, 2.45) is 0 Å². The van der Waals surface area contributed by atoms with Crippen LogP contribution < -0.4 is 10.1 Å². The topological polar surface area (TPSA) is 77.1 Å². The SMILES string of the molecule is CON(C)C(=O)C1CCCCOCCOc2ccccc2C(=O)N1. The molecule has 1 aromatic carbocycles. The summed E-state index contributed by atoms with van der Waals surface area (Å²) in [4.78, 5) is 29.9. The number of carbonyl (C=O) groups excluding carboxylic acids is 2. The first-order chi connectivity index (χ1) is 11.6. The molecule has 1 aliphatic rings. The minimum Gasteiger partial charge on any atom is -0.490 e. The molecule has 0 saturated heterocycles. The Morgan fingerprint density at radius 3 is 2.83 bits per heavy atom. The average Bonchev–Trinajstić information content (AvgIpc) is 2.62. The zero-order chi connectivity index (χ0) is 17.4. The molecule has 0 saturated carbocycles. The van der Waals surface area contributed by atoms with Gasteiger partial charge in [-0.2, -0.15) is 0 Å². The molecule has 1 aliphatic heterocycles. The number of hydrogen-bond acceptors (Lipinski definition) is 5. The van der Waals surface area contributed by atoms with E-state index in [-0.39, 0.29) is 11.8 Å². The largest absolute Gasteiger partial charge is 0.490 e. The van der Waals surface area contributed by atoms with Gasteiger partial charge in [-0.3, -0.25) is 14.4 Å². The van der Waals surface area contributed by atoms with E-state index in [1.807, 2.05) is 0 Å². The summed E-state index contributed by atoms with van der Waals surface area (Å²) in [5, 5.41) is 3.92. The van der Waals surface area contributed by atoms with Gasteiger partial charge >= 0.3 is 0 Å². The lowest BCUT2D eigenvalue weighted by atomic mass is 10.1. The van der Waals surface area contributed by atoms with E-state index >= 15 is 0 Å². The molecular formula is C17H24N2O5. The monoisotopic (exact) mass is 336 g/mol. The third kappa shape index (κ3) is 4.94. The standard InChI is InChI=1S/C17H24N2O5/c1-19(22-2)17(21)14-8-5-6-10-23-11-12-24-15-9-4-3-7-13(15)16(20)18-14/h3-4,7,9,14H,5-6,8,10-12H2,1-2H3,(H,18,20). The highest BCUT2D eigenvalue weighted by Gasteiger charge is 2.25. The van der Waals surface area contributed by atoms with Gasteiger partial charge in [-0.25, -0.2) is 5.06 Å². The summed E-state index contributed by atoms with van der Waals surface area (Å²) < 4.78 is 11.1. The highest BCUT2D eigenvalue weighted by atomic mass is 16.7. The van der Waals surface area contributed by atoms with Crippen LogP contribution in [0.5, 0.6) is 5.75 Å². The molecule has 2 rings (SSSR count). The van der Waals surface area contributed by atoms with Crippen LogP contribution in [0.3, 0.4) is 0 Å². The third-order valence-electron chi connectivity index (χ3n) is 3.84. The van der Waals surface area contributed by atoms with Crippen LogP contribution in [0.2, 0.25) is 0 Å². The van der Waals surface area contributed by atoms with Gasteiger partial charge in [0.25, 0.3) is 11.8 Å². The van der Waals surface area contributed by atoms with Crippen LogP contribution in [0.25, 0.3) is 0 Å². The van der Waals surface area contributed by atoms with Crippen molar-refractivity contribution in [3.8, 4) is 5.75 Å². The Morgan fingerprint density at radius 1 is 1.25 bits per heavy atom. The maximum atomic E-state index is 12.6. The Hall–Kier alpha value is -2.12.